The Morgan fingerprint density at radius 2 is 2.00 bits per heavy atom. The average Bonchev–Trinajstić information content (AvgIpc) is 2.16. The second-order valence-electron chi connectivity index (χ2n) is 2.49. The summed E-state index contributed by atoms with van der Waals surface area (Å²) in [5.41, 5.74) is 1.14. The van der Waals surface area contributed by atoms with Gasteiger partial charge in [-0.1, -0.05) is 23.7 Å². The van der Waals surface area contributed by atoms with E-state index in [0.29, 0.717) is 0 Å². The number of hydrogen-bond acceptors (Lipinski definition) is 2. The highest BCUT2D eigenvalue weighted by atomic mass is 35.5. The van der Waals surface area contributed by atoms with Gasteiger partial charge < -0.3 is 5.48 Å². The van der Waals surface area contributed by atoms with Gasteiger partial charge in [0.2, 0.25) is 0 Å². The van der Waals surface area contributed by atoms with Crippen LogP contribution in [0.1, 0.15) is 10.8 Å². The van der Waals surface area contributed by atoms with Crippen LogP contribution in [0, 0.1) is 10.7 Å². The lowest BCUT2D eigenvalue weighted by Gasteiger charge is -2.09. The van der Waals surface area contributed by atoms with Crippen LogP contribution in [0.4, 0.5) is 0 Å². The van der Waals surface area contributed by atoms with Gasteiger partial charge in [0.1, 0.15) is 5.40 Å². The lowest BCUT2D eigenvalue weighted by molar-refractivity contribution is 0.824. The molecule has 0 heterocycles. The minimum absolute atomic E-state index is 0. The molecule has 0 aliphatic heterocycles. The molecule has 0 spiro atoms. The van der Waals surface area contributed by atoms with Crippen molar-refractivity contribution in [1.29, 1.82) is 5.26 Å². The summed E-state index contributed by atoms with van der Waals surface area (Å²) in [4.78, 5) is 0. The Labute approximate surface area is 95.2 Å². The molecule has 14 heavy (non-hydrogen) atoms. The number of benzene rings is 1. The molecule has 2 atom stereocenters. The Morgan fingerprint density at radius 1 is 1.43 bits per heavy atom. The quantitative estimate of drug-likeness (QED) is 0.609. The first-order valence-electron chi connectivity index (χ1n) is 3.78. The van der Waals surface area contributed by atoms with Crippen LogP contribution in [0.2, 0.25) is 5.02 Å². The normalized spacial score (nSPS) is 11.2. The SMILES string of the molecule is N#CSC(CP)c1ccc(Cl)cc1.O. The molecule has 0 fully saturated rings. The number of nitriles is 1. The third-order valence-corrected chi connectivity index (χ3v) is 3.57. The maximum Gasteiger partial charge on any atom is 0.133 e. The van der Waals surface area contributed by atoms with Gasteiger partial charge in [0.25, 0.3) is 0 Å². The van der Waals surface area contributed by atoms with Gasteiger partial charge in [-0.3, -0.25) is 0 Å². The second-order valence-corrected chi connectivity index (χ2v) is 4.38. The summed E-state index contributed by atoms with van der Waals surface area (Å²) in [5.74, 6) is 0. The fraction of sp³-hybridized carbons (Fsp3) is 0.222. The lowest BCUT2D eigenvalue weighted by Crippen LogP contribution is -1.93. The second kappa shape index (κ2) is 7.09. The molecule has 1 aromatic rings. The van der Waals surface area contributed by atoms with E-state index < -0.39 is 0 Å². The zero-order valence-electron chi connectivity index (χ0n) is 7.40. The third kappa shape index (κ3) is 3.86. The van der Waals surface area contributed by atoms with Crippen LogP contribution in [-0.2, 0) is 0 Å². The van der Waals surface area contributed by atoms with E-state index >= 15 is 0 Å². The minimum atomic E-state index is 0. The molecule has 0 saturated heterocycles. The Hall–Kier alpha value is -0.260. The molecule has 0 bridgehead atoms. The van der Waals surface area contributed by atoms with Crippen molar-refractivity contribution in [3.63, 3.8) is 0 Å². The molecule has 0 aliphatic rings. The van der Waals surface area contributed by atoms with Crippen LogP contribution in [0.5, 0.6) is 0 Å². The highest BCUT2D eigenvalue weighted by molar-refractivity contribution is 8.04. The van der Waals surface area contributed by atoms with Crippen LogP contribution in [-0.4, -0.2) is 11.6 Å². The van der Waals surface area contributed by atoms with Crippen molar-refractivity contribution in [2.75, 3.05) is 6.16 Å². The van der Waals surface area contributed by atoms with Crippen LogP contribution in [0.15, 0.2) is 24.3 Å². The van der Waals surface area contributed by atoms with Crippen LogP contribution < -0.4 is 0 Å². The fourth-order valence-electron chi connectivity index (χ4n) is 0.993. The minimum Gasteiger partial charge on any atom is -0.412 e. The van der Waals surface area contributed by atoms with E-state index in [2.05, 4.69) is 14.6 Å². The van der Waals surface area contributed by atoms with Crippen molar-refractivity contribution in [3.8, 4) is 5.40 Å². The number of thiocyanates is 1. The lowest BCUT2D eigenvalue weighted by atomic mass is 10.2. The van der Waals surface area contributed by atoms with Gasteiger partial charge in [-0.2, -0.15) is 5.26 Å². The first kappa shape index (κ1) is 13.7. The number of thioether (sulfide) groups is 1. The summed E-state index contributed by atoms with van der Waals surface area (Å²) in [5, 5.41) is 11.6. The first-order chi connectivity index (χ1) is 6.27. The molecule has 2 N–H and O–H groups in total. The van der Waals surface area contributed by atoms with Gasteiger partial charge >= 0.3 is 0 Å². The van der Waals surface area contributed by atoms with Crippen molar-refractivity contribution in [3.05, 3.63) is 34.9 Å². The zero-order chi connectivity index (χ0) is 9.68. The number of halogens is 1. The highest BCUT2D eigenvalue weighted by Crippen LogP contribution is 2.30. The van der Waals surface area contributed by atoms with Crippen molar-refractivity contribution in [2.24, 2.45) is 0 Å². The van der Waals surface area contributed by atoms with Gasteiger partial charge in [-0.05, 0) is 35.6 Å². The van der Waals surface area contributed by atoms with E-state index in [1.54, 1.807) is 0 Å². The highest BCUT2D eigenvalue weighted by Gasteiger charge is 2.08. The first-order valence-corrected chi connectivity index (χ1v) is 5.85. The molecule has 0 radical (unpaired) electrons. The van der Waals surface area contributed by atoms with E-state index in [1.807, 2.05) is 24.3 Å². The van der Waals surface area contributed by atoms with Gasteiger partial charge in [-0.25, -0.2) is 0 Å². The zero-order valence-corrected chi connectivity index (χ0v) is 10.1. The molecule has 2 nitrogen and oxygen atoms in total. The van der Waals surface area contributed by atoms with E-state index in [4.69, 9.17) is 16.9 Å². The van der Waals surface area contributed by atoms with E-state index in [-0.39, 0.29) is 10.7 Å². The fourth-order valence-corrected chi connectivity index (χ4v) is 2.20. The molecule has 2 unspecified atom stereocenters. The molecule has 1 rings (SSSR count). The van der Waals surface area contributed by atoms with Gasteiger partial charge in [-0.15, -0.1) is 9.24 Å². The summed E-state index contributed by atoms with van der Waals surface area (Å²) in [6.45, 7) is 0. The van der Waals surface area contributed by atoms with E-state index in [0.717, 1.165) is 16.7 Å². The summed E-state index contributed by atoms with van der Waals surface area (Å²) < 4.78 is 0. The topological polar surface area (TPSA) is 55.3 Å². The maximum absolute atomic E-state index is 8.56. The predicted octanol–water partition coefficient (Wildman–Crippen LogP) is 2.65. The third-order valence-electron chi connectivity index (χ3n) is 1.65. The number of hydrogen-bond donors (Lipinski definition) is 0. The molecule has 0 aliphatic carbocycles. The molecule has 76 valence electrons. The Kier molecular flexibility index (Phi) is 6.96. The van der Waals surface area contributed by atoms with Crippen molar-refractivity contribution < 1.29 is 5.48 Å². The summed E-state index contributed by atoms with van der Waals surface area (Å²) >= 11 is 7.04. The predicted molar refractivity (Wildman–Crippen MR) is 65.6 cm³/mol. The van der Waals surface area contributed by atoms with Crippen molar-refractivity contribution in [1.82, 2.24) is 0 Å². The molecule has 0 saturated carbocycles. The van der Waals surface area contributed by atoms with Gasteiger partial charge in [0.15, 0.2) is 0 Å². The van der Waals surface area contributed by atoms with Crippen LogP contribution in [0.25, 0.3) is 0 Å². The van der Waals surface area contributed by atoms with Gasteiger partial charge in [0, 0.05) is 10.3 Å². The smallest absolute Gasteiger partial charge is 0.133 e. The van der Waals surface area contributed by atoms with Crippen LogP contribution >= 0.6 is 32.6 Å². The molecule has 0 aromatic heterocycles. The van der Waals surface area contributed by atoms with Gasteiger partial charge in [0.05, 0.1) is 0 Å². The largest absolute Gasteiger partial charge is 0.412 e. The van der Waals surface area contributed by atoms with E-state index in [9.17, 15) is 0 Å². The maximum atomic E-state index is 8.56. The van der Waals surface area contributed by atoms with Crippen LogP contribution in [0.3, 0.4) is 0 Å². The van der Waals surface area contributed by atoms with Crippen molar-refractivity contribution in [2.45, 2.75) is 5.25 Å². The molecule has 1 aromatic carbocycles. The monoisotopic (exact) mass is 247 g/mol. The molecular formula is C9H11ClNOPS. The Balaban J connectivity index is 0.00000169. The summed E-state index contributed by atoms with van der Waals surface area (Å²) in [6.07, 6.45) is 0.875. The summed E-state index contributed by atoms with van der Waals surface area (Å²) in [6, 6.07) is 7.62. The average molecular weight is 248 g/mol. The molecule has 5 heteroatoms. The molecule has 0 amide bonds. The standard InChI is InChI=1S/C9H9ClNPS.H2O/c10-8-3-1-7(2-4-8)9(5-12)13-6-11;/h1-4,9H,5,12H2;1H2. The number of rotatable bonds is 3. The Morgan fingerprint density at radius 3 is 2.43 bits per heavy atom. The molecular weight excluding hydrogens is 237 g/mol. The van der Waals surface area contributed by atoms with E-state index in [1.165, 1.54) is 11.8 Å². The Bertz CT molecular complexity index is 312. The van der Waals surface area contributed by atoms with Crippen molar-refractivity contribution >= 4 is 32.6 Å². The number of nitrogens with zero attached hydrogens (tertiary/aromatic N) is 1. The summed E-state index contributed by atoms with van der Waals surface area (Å²) in [7, 11) is 2.65.